The number of hydrogen-bond donors (Lipinski definition) is 0. The number of thioether (sulfide) groups is 1. The number of nitrogens with zero attached hydrogens (tertiary/aromatic N) is 2. The van der Waals surface area contributed by atoms with Crippen molar-refractivity contribution in [2.75, 3.05) is 26.8 Å². The number of hydrogen-bond acceptors (Lipinski definition) is 9. The predicted octanol–water partition coefficient (Wildman–Crippen LogP) is 3.46. The molecule has 0 unspecified atom stereocenters. The van der Waals surface area contributed by atoms with Crippen molar-refractivity contribution in [2.45, 2.75) is 5.22 Å². The Balaban J connectivity index is 1.46. The number of carbonyl (C=O) groups is 1. The molecule has 28 heavy (non-hydrogen) atoms. The molecule has 4 rings (SSSR count). The summed E-state index contributed by atoms with van der Waals surface area (Å²) in [5.74, 6) is 2.69. The van der Waals surface area contributed by atoms with Gasteiger partial charge in [-0.25, -0.2) is 0 Å². The van der Waals surface area contributed by atoms with Crippen LogP contribution in [0.1, 0.15) is 10.4 Å². The van der Waals surface area contributed by atoms with Crippen LogP contribution in [-0.4, -0.2) is 42.7 Å². The van der Waals surface area contributed by atoms with E-state index in [9.17, 15) is 4.79 Å². The second kappa shape index (κ2) is 7.81. The molecule has 0 spiro atoms. The average Bonchev–Trinajstić information content (AvgIpc) is 3.40. The maximum atomic E-state index is 12.6. The van der Waals surface area contributed by atoms with Gasteiger partial charge in [0.2, 0.25) is 12.7 Å². The van der Waals surface area contributed by atoms with Gasteiger partial charge in [-0.1, -0.05) is 11.8 Å². The molecule has 0 amide bonds. The van der Waals surface area contributed by atoms with Crippen LogP contribution in [0.3, 0.4) is 0 Å². The fourth-order valence-corrected chi connectivity index (χ4v) is 3.30. The third kappa shape index (κ3) is 3.61. The van der Waals surface area contributed by atoms with Crippen molar-refractivity contribution in [1.82, 2.24) is 10.2 Å². The molecule has 0 saturated carbocycles. The first-order valence-electron chi connectivity index (χ1n) is 8.29. The smallest absolute Gasteiger partial charge is 0.277 e. The topological polar surface area (TPSA) is 92.9 Å². The average molecular weight is 400 g/mol. The van der Waals surface area contributed by atoms with E-state index in [-0.39, 0.29) is 18.3 Å². The van der Waals surface area contributed by atoms with Crippen LogP contribution in [-0.2, 0) is 0 Å². The molecule has 0 aliphatic carbocycles. The third-order valence-electron chi connectivity index (χ3n) is 4.06. The van der Waals surface area contributed by atoms with Gasteiger partial charge in [-0.3, -0.25) is 4.79 Å². The van der Waals surface area contributed by atoms with Crippen molar-refractivity contribution in [2.24, 2.45) is 0 Å². The lowest BCUT2D eigenvalue weighted by atomic mass is 10.1. The highest BCUT2D eigenvalue weighted by Crippen LogP contribution is 2.36. The summed E-state index contributed by atoms with van der Waals surface area (Å²) >= 11 is 1.15. The van der Waals surface area contributed by atoms with E-state index in [0.29, 0.717) is 45.2 Å². The summed E-state index contributed by atoms with van der Waals surface area (Å²) < 4.78 is 26.7. The minimum Gasteiger partial charge on any atom is -0.497 e. The molecule has 2 aromatic carbocycles. The Kier molecular flexibility index (Phi) is 5.07. The molecule has 9 heteroatoms. The van der Waals surface area contributed by atoms with Gasteiger partial charge in [0.05, 0.1) is 25.5 Å². The number of ketones is 1. The Morgan fingerprint density at radius 1 is 1.07 bits per heavy atom. The van der Waals surface area contributed by atoms with E-state index in [1.54, 1.807) is 37.4 Å². The number of fused-ring (bicyclic) bond motifs is 1. The van der Waals surface area contributed by atoms with Gasteiger partial charge in [-0.05, 0) is 36.4 Å². The Morgan fingerprint density at radius 3 is 2.75 bits per heavy atom. The lowest BCUT2D eigenvalue weighted by Crippen LogP contribution is -2.05. The molecule has 0 N–H and O–H groups in total. The minimum atomic E-state index is -0.136. The van der Waals surface area contributed by atoms with E-state index in [2.05, 4.69) is 10.2 Å². The van der Waals surface area contributed by atoms with Crippen LogP contribution in [0.25, 0.3) is 11.5 Å². The highest BCUT2D eigenvalue weighted by Gasteiger charge is 2.19. The van der Waals surface area contributed by atoms with E-state index in [1.807, 2.05) is 6.07 Å². The van der Waals surface area contributed by atoms with Gasteiger partial charge in [0, 0.05) is 5.56 Å². The minimum absolute atomic E-state index is 0.117. The Bertz CT molecular complexity index is 1020. The summed E-state index contributed by atoms with van der Waals surface area (Å²) in [4.78, 5) is 12.6. The maximum absolute atomic E-state index is 12.6. The molecule has 0 bridgehead atoms. The van der Waals surface area contributed by atoms with Crippen molar-refractivity contribution >= 4 is 17.5 Å². The van der Waals surface area contributed by atoms with E-state index in [0.717, 1.165) is 11.8 Å². The van der Waals surface area contributed by atoms with Crippen LogP contribution in [0.2, 0.25) is 0 Å². The molecule has 0 atom stereocenters. The molecule has 3 aromatic rings. The molecule has 1 aliphatic rings. The van der Waals surface area contributed by atoms with Gasteiger partial charge in [-0.15, -0.1) is 10.2 Å². The first-order valence-corrected chi connectivity index (χ1v) is 9.28. The largest absolute Gasteiger partial charge is 0.497 e. The molecule has 1 aliphatic heterocycles. The number of methoxy groups -OCH3 is 2. The molecule has 1 aromatic heterocycles. The van der Waals surface area contributed by atoms with Crippen LogP contribution in [0.5, 0.6) is 23.0 Å². The monoisotopic (exact) mass is 400 g/mol. The second-order valence-electron chi connectivity index (χ2n) is 5.72. The zero-order valence-corrected chi connectivity index (χ0v) is 15.9. The fraction of sp³-hybridized carbons (Fsp3) is 0.211. The van der Waals surface area contributed by atoms with Crippen molar-refractivity contribution < 1.29 is 28.2 Å². The summed E-state index contributed by atoms with van der Waals surface area (Å²) in [7, 11) is 3.06. The number of carbonyl (C=O) groups excluding carboxylic acids is 1. The number of rotatable bonds is 7. The quantitative estimate of drug-likeness (QED) is 0.436. The van der Waals surface area contributed by atoms with Crippen LogP contribution in [0.4, 0.5) is 0 Å². The van der Waals surface area contributed by atoms with Gasteiger partial charge in [0.15, 0.2) is 17.3 Å². The van der Waals surface area contributed by atoms with Crippen molar-refractivity contribution in [3.8, 4) is 34.5 Å². The third-order valence-corrected chi connectivity index (χ3v) is 4.88. The Hall–Kier alpha value is -3.20. The first kappa shape index (κ1) is 18.2. The number of benzene rings is 2. The molecular weight excluding hydrogens is 384 g/mol. The van der Waals surface area contributed by atoms with E-state index >= 15 is 0 Å². The van der Waals surface area contributed by atoms with Crippen molar-refractivity contribution in [3.05, 3.63) is 42.0 Å². The van der Waals surface area contributed by atoms with E-state index in [4.69, 9.17) is 23.4 Å². The lowest BCUT2D eigenvalue weighted by Gasteiger charge is -2.08. The van der Waals surface area contributed by atoms with Gasteiger partial charge in [-0.2, -0.15) is 0 Å². The van der Waals surface area contributed by atoms with Gasteiger partial charge < -0.3 is 23.4 Å². The summed E-state index contributed by atoms with van der Waals surface area (Å²) in [6.45, 7) is 0.194. The zero-order valence-electron chi connectivity index (χ0n) is 15.1. The van der Waals surface area contributed by atoms with E-state index < -0.39 is 0 Å². The summed E-state index contributed by atoms with van der Waals surface area (Å²) in [5.41, 5.74) is 1.15. The number of ether oxygens (including phenoxy) is 4. The first-order chi connectivity index (χ1) is 13.7. The van der Waals surface area contributed by atoms with Crippen LogP contribution < -0.4 is 18.9 Å². The van der Waals surface area contributed by atoms with Gasteiger partial charge in [0.1, 0.15) is 11.5 Å². The van der Waals surface area contributed by atoms with Crippen molar-refractivity contribution in [3.63, 3.8) is 0 Å². The molecule has 0 fully saturated rings. The van der Waals surface area contributed by atoms with Crippen molar-refractivity contribution in [1.29, 1.82) is 0 Å². The number of Topliss-reactive ketones (excluding diaryl/α,β-unsaturated/α-hetero) is 1. The molecular formula is C19H16N2O6S. The summed E-state index contributed by atoms with van der Waals surface area (Å²) in [5, 5.41) is 8.32. The van der Waals surface area contributed by atoms with Crippen LogP contribution in [0, 0.1) is 0 Å². The molecule has 8 nitrogen and oxygen atoms in total. The van der Waals surface area contributed by atoms with Crippen LogP contribution in [0.15, 0.2) is 46.0 Å². The van der Waals surface area contributed by atoms with E-state index in [1.165, 1.54) is 7.11 Å². The van der Waals surface area contributed by atoms with Gasteiger partial charge >= 0.3 is 0 Å². The zero-order chi connectivity index (χ0) is 19.5. The highest BCUT2D eigenvalue weighted by atomic mass is 32.2. The summed E-state index contributed by atoms with van der Waals surface area (Å²) in [6.07, 6.45) is 0. The van der Waals surface area contributed by atoms with Gasteiger partial charge in [0.25, 0.3) is 5.22 Å². The number of aromatic nitrogens is 2. The second-order valence-corrected chi connectivity index (χ2v) is 6.65. The predicted molar refractivity (Wildman–Crippen MR) is 100 cm³/mol. The lowest BCUT2D eigenvalue weighted by molar-refractivity contribution is 0.101. The fourth-order valence-electron chi connectivity index (χ4n) is 2.65. The Morgan fingerprint density at radius 2 is 1.93 bits per heavy atom. The standard InChI is InChI=1S/C19H16N2O6S/c1-23-12-4-6-15(24-2)13(8-12)14(22)9-28-19-21-20-18(27-19)11-3-5-16-17(7-11)26-10-25-16/h3-8H,9-10H2,1-2H3. The summed E-state index contributed by atoms with van der Waals surface area (Å²) in [6, 6.07) is 10.4. The molecule has 2 heterocycles. The maximum Gasteiger partial charge on any atom is 0.277 e. The molecule has 144 valence electrons. The molecule has 0 radical (unpaired) electrons. The normalized spacial score (nSPS) is 12.1. The molecule has 0 saturated heterocycles. The highest BCUT2D eigenvalue weighted by molar-refractivity contribution is 7.99. The SMILES string of the molecule is COc1ccc(OC)c(C(=O)CSc2nnc(-c3ccc4c(c3)OCO4)o2)c1. The Labute approximate surface area is 164 Å². The van der Waals surface area contributed by atoms with Crippen LogP contribution >= 0.6 is 11.8 Å².